The van der Waals surface area contributed by atoms with Crippen molar-refractivity contribution in [3.05, 3.63) is 78.6 Å². The van der Waals surface area contributed by atoms with Gasteiger partial charge in [0, 0.05) is 30.1 Å². The van der Waals surface area contributed by atoms with Crippen LogP contribution in [0, 0.1) is 0 Å². The molecule has 0 aliphatic rings. The highest BCUT2D eigenvalue weighted by atomic mass is 16.5. The normalized spacial score (nSPS) is 10.5. The molecule has 9 nitrogen and oxygen atoms in total. The van der Waals surface area contributed by atoms with E-state index in [2.05, 4.69) is 20.7 Å². The highest BCUT2D eigenvalue weighted by molar-refractivity contribution is 5.99. The van der Waals surface area contributed by atoms with Gasteiger partial charge >= 0.3 is 5.97 Å². The van der Waals surface area contributed by atoms with Crippen LogP contribution in [0.5, 0.6) is 0 Å². The summed E-state index contributed by atoms with van der Waals surface area (Å²) in [5.41, 5.74) is 3.31. The van der Waals surface area contributed by atoms with Crippen molar-refractivity contribution in [3.8, 4) is 11.3 Å². The highest BCUT2D eigenvalue weighted by Gasteiger charge is 2.18. The molecule has 0 unspecified atom stereocenters. The molecule has 32 heavy (non-hydrogen) atoms. The molecule has 4 aromatic rings. The summed E-state index contributed by atoms with van der Waals surface area (Å²) < 4.78 is 6.71. The molecule has 2 aromatic heterocycles. The van der Waals surface area contributed by atoms with Gasteiger partial charge in [0.05, 0.1) is 11.9 Å². The number of nitrogens with zero attached hydrogens (tertiary/aromatic N) is 3. The minimum atomic E-state index is -0.700. The molecule has 4 rings (SSSR count). The standard InChI is InChI=1S/C23H19N5O4/c1-15(29)26-17-7-9-18(10-8-17)27-21(30)14-32-23(31)19-13-25-28-20(11-12-24-22(19)28)16-5-3-2-4-6-16/h2-13H,14H2,1H3,(H,26,29)(H,27,30). The molecule has 160 valence electrons. The molecule has 0 spiro atoms. The zero-order chi connectivity index (χ0) is 22.5. The van der Waals surface area contributed by atoms with Crippen LogP contribution in [0.15, 0.2) is 73.1 Å². The third-order valence-corrected chi connectivity index (χ3v) is 4.51. The summed E-state index contributed by atoms with van der Waals surface area (Å²) in [6.07, 6.45) is 2.96. The van der Waals surface area contributed by atoms with Crippen molar-refractivity contribution in [3.63, 3.8) is 0 Å². The summed E-state index contributed by atoms with van der Waals surface area (Å²) in [5, 5.41) is 9.52. The Balaban J connectivity index is 1.41. The molecule has 0 saturated heterocycles. The molecule has 2 amide bonds. The van der Waals surface area contributed by atoms with Gasteiger partial charge < -0.3 is 15.4 Å². The third kappa shape index (κ3) is 4.62. The number of anilines is 2. The third-order valence-electron chi connectivity index (χ3n) is 4.51. The number of aromatic nitrogens is 3. The van der Waals surface area contributed by atoms with Gasteiger partial charge in [-0.25, -0.2) is 14.3 Å². The Morgan fingerprint density at radius 2 is 1.62 bits per heavy atom. The average Bonchev–Trinajstić information content (AvgIpc) is 3.23. The first kappa shape index (κ1) is 20.7. The molecule has 0 aliphatic carbocycles. The number of rotatable bonds is 6. The van der Waals surface area contributed by atoms with Gasteiger partial charge in [-0.2, -0.15) is 5.10 Å². The van der Waals surface area contributed by atoms with Crippen molar-refractivity contribution in [2.75, 3.05) is 17.2 Å². The number of carbonyl (C=O) groups excluding carboxylic acids is 3. The van der Waals surface area contributed by atoms with E-state index in [4.69, 9.17) is 4.74 Å². The zero-order valence-corrected chi connectivity index (χ0v) is 17.1. The topological polar surface area (TPSA) is 115 Å². The maximum absolute atomic E-state index is 12.5. The van der Waals surface area contributed by atoms with E-state index < -0.39 is 18.5 Å². The van der Waals surface area contributed by atoms with Crippen molar-refractivity contribution in [1.29, 1.82) is 0 Å². The predicted molar refractivity (Wildman–Crippen MR) is 118 cm³/mol. The summed E-state index contributed by atoms with van der Waals surface area (Å²) >= 11 is 0. The minimum Gasteiger partial charge on any atom is -0.452 e. The Bertz CT molecular complexity index is 1280. The Morgan fingerprint density at radius 1 is 0.938 bits per heavy atom. The number of nitrogens with one attached hydrogen (secondary N) is 2. The molecule has 0 saturated carbocycles. The van der Waals surface area contributed by atoms with E-state index in [1.807, 2.05) is 30.3 Å². The molecule has 0 bridgehead atoms. The number of ether oxygens (including phenoxy) is 1. The molecular weight excluding hydrogens is 410 g/mol. The van der Waals surface area contributed by atoms with Crippen molar-refractivity contribution in [1.82, 2.24) is 14.6 Å². The first-order chi connectivity index (χ1) is 15.5. The van der Waals surface area contributed by atoms with Gasteiger partial charge in [-0.15, -0.1) is 0 Å². The van der Waals surface area contributed by atoms with Crippen LogP contribution in [0.2, 0.25) is 0 Å². The lowest BCUT2D eigenvalue weighted by atomic mass is 10.1. The molecule has 2 heterocycles. The fourth-order valence-electron chi connectivity index (χ4n) is 3.11. The van der Waals surface area contributed by atoms with Gasteiger partial charge in [-0.3, -0.25) is 9.59 Å². The Morgan fingerprint density at radius 3 is 2.31 bits per heavy atom. The fourth-order valence-corrected chi connectivity index (χ4v) is 3.11. The first-order valence-electron chi connectivity index (χ1n) is 9.74. The summed E-state index contributed by atoms with van der Waals surface area (Å²) in [6.45, 7) is 0.938. The lowest BCUT2D eigenvalue weighted by Crippen LogP contribution is -2.21. The second-order valence-corrected chi connectivity index (χ2v) is 6.87. The smallest absolute Gasteiger partial charge is 0.344 e. The largest absolute Gasteiger partial charge is 0.452 e. The van der Waals surface area contributed by atoms with Crippen LogP contribution >= 0.6 is 0 Å². The van der Waals surface area contributed by atoms with Crippen LogP contribution in [-0.2, 0) is 14.3 Å². The zero-order valence-electron chi connectivity index (χ0n) is 17.1. The number of fused-ring (bicyclic) bond motifs is 1. The van der Waals surface area contributed by atoms with E-state index in [0.29, 0.717) is 17.0 Å². The van der Waals surface area contributed by atoms with E-state index in [0.717, 1.165) is 11.3 Å². The van der Waals surface area contributed by atoms with Gasteiger partial charge in [0.25, 0.3) is 5.91 Å². The van der Waals surface area contributed by atoms with Gasteiger partial charge in [-0.05, 0) is 30.3 Å². The van der Waals surface area contributed by atoms with Gasteiger partial charge in [0.1, 0.15) is 5.56 Å². The number of carbonyl (C=O) groups is 3. The summed E-state index contributed by atoms with van der Waals surface area (Å²) in [4.78, 5) is 40.0. The number of hydrogen-bond acceptors (Lipinski definition) is 6. The maximum Gasteiger partial charge on any atom is 0.344 e. The van der Waals surface area contributed by atoms with E-state index in [1.165, 1.54) is 13.1 Å². The maximum atomic E-state index is 12.5. The monoisotopic (exact) mass is 429 g/mol. The Hall–Kier alpha value is -4.53. The number of hydrogen-bond donors (Lipinski definition) is 2. The van der Waals surface area contributed by atoms with Crippen LogP contribution < -0.4 is 10.6 Å². The Kier molecular flexibility index (Phi) is 5.89. The molecule has 0 aliphatic heterocycles. The van der Waals surface area contributed by atoms with Crippen LogP contribution in [-0.4, -0.2) is 39.0 Å². The van der Waals surface area contributed by atoms with Crippen molar-refractivity contribution < 1.29 is 19.1 Å². The number of benzene rings is 2. The van der Waals surface area contributed by atoms with Crippen molar-refractivity contribution in [2.24, 2.45) is 0 Å². The lowest BCUT2D eigenvalue weighted by molar-refractivity contribution is -0.119. The fraction of sp³-hybridized carbons (Fsp3) is 0.0870. The molecule has 0 radical (unpaired) electrons. The summed E-state index contributed by atoms with van der Waals surface area (Å²) in [6, 6.07) is 18.0. The van der Waals surface area contributed by atoms with Crippen molar-refractivity contribution in [2.45, 2.75) is 6.92 Å². The quantitative estimate of drug-likeness (QED) is 0.455. The molecule has 0 atom stereocenters. The summed E-state index contributed by atoms with van der Waals surface area (Å²) in [7, 11) is 0. The van der Waals surface area contributed by atoms with Crippen LogP contribution in [0.4, 0.5) is 11.4 Å². The lowest BCUT2D eigenvalue weighted by Gasteiger charge is -2.08. The highest BCUT2D eigenvalue weighted by Crippen LogP contribution is 2.21. The van der Waals surface area contributed by atoms with Crippen LogP contribution in [0.1, 0.15) is 17.3 Å². The van der Waals surface area contributed by atoms with E-state index in [1.54, 1.807) is 41.0 Å². The SMILES string of the molecule is CC(=O)Nc1ccc(NC(=O)COC(=O)c2cnn3c(-c4ccccc4)ccnc23)cc1. The van der Waals surface area contributed by atoms with Crippen molar-refractivity contribution >= 4 is 34.8 Å². The Labute approximate surface area is 183 Å². The molecular formula is C23H19N5O4. The van der Waals surface area contributed by atoms with Crippen LogP contribution in [0.25, 0.3) is 16.9 Å². The average molecular weight is 429 g/mol. The first-order valence-corrected chi connectivity index (χ1v) is 9.74. The second-order valence-electron chi connectivity index (χ2n) is 6.87. The minimum absolute atomic E-state index is 0.162. The molecule has 2 N–H and O–H groups in total. The second kappa shape index (κ2) is 9.09. The van der Waals surface area contributed by atoms with Gasteiger partial charge in [0.15, 0.2) is 12.3 Å². The predicted octanol–water partition coefficient (Wildman–Crippen LogP) is 3.15. The molecule has 2 aromatic carbocycles. The van der Waals surface area contributed by atoms with Crippen LogP contribution in [0.3, 0.4) is 0 Å². The van der Waals surface area contributed by atoms with E-state index in [-0.39, 0.29) is 11.5 Å². The number of amides is 2. The summed E-state index contributed by atoms with van der Waals surface area (Å²) in [5.74, 6) is -1.39. The van der Waals surface area contributed by atoms with Gasteiger partial charge in [-0.1, -0.05) is 30.3 Å². The molecule has 9 heteroatoms. The molecule has 0 fully saturated rings. The number of esters is 1. The van der Waals surface area contributed by atoms with Gasteiger partial charge in [0.2, 0.25) is 5.91 Å². The van der Waals surface area contributed by atoms with E-state index >= 15 is 0 Å². The van der Waals surface area contributed by atoms with E-state index in [9.17, 15) is 14.4 Å².